The number of nitrogens with two attached hydrogens (primary N) is 1. The standard InChI is InChI=1S/C17H16ClNO4S/c18-11-2-4-12(5-3-11)24(20,21)17-13(8-19)16(17)10-1-6-14-15(7-10)23-9-22-14/h1-7,13,16-17H,8-9,19H2/t13-,16+,17+/m1/s1. The largest absolute Gasteiger partial charge is 0.454 e. The molecule has 2 aromatic rings. The zero-order valence-corrected chi connectivity index (χ0v) is 14.3. The van der Waals surface area contributed by atoms with Crippen LogP contribution in [0, 0.1) is 5.92 Å². The summed E-state index contributed by atoms with van der Waals surface area (Å²) in [6, 6.07) is 11.8. The number of ether oxygens (including phenoxy) is 2. The Bertz CT molecular complexity index is 882. The second-order valence-corrected chi connectivity index (χ2v) is 8.54. The first-order valence-electron chi connectivity index (χ1n) is 7.61. The molecule has 126 valence electrons. The van der Waals surface area contributed by atoms with Crippen LogP contribution in [0.25, 0.3) is 0 Å². The normalized spacial score (nSPS) is 24.8. The smallest absolute Gasteiger partial charge is 0.231 e. The molecule has 24 heavy (non-hydrogen) atoms. The Labute approximate surface area is 145 Å². The van der Waals surface area contributed by atoms with Crippen molar-refractivity contribution in [3.8, 4) is 11.5 Å². The Hall–Kier alpha value is -1.76. The van der Waals surface area contributed by atoms with Crippen molar-refractivity contribution in [1.29, 1.82) is 0 Å². The zero-order chi connectivity index (χ0) is 16.9. The van der Waals surface area contributed by atoms with Gasteiger partial charge in [-0.25, -0.2) is 8.42 Å². The first-order valence-corrected chi connectivity index (χ1v) is 9.54. The molecule has 2 N–H and O–H groups in total. The van der Waals surface area contributed by atoms with Crippen LogP contribution in [0.5, 0.6) is 11.5 Å². The molecule has 0 saturated heterocycles. The first-order chi connectivity index (χ1) is 11.5. The van der Waals surface area contributed by atoms with Crippen LogP contribution >= 0.6 is 11.6 Å². The van der Waals surface area contributed by atoms with E-state index in [0.717, 1.165) is 5.56 Å². The van der Waals surface area contributed by atoms with Crippen LogP contribution in [0.1, 0.15) is 11.5 Å². The van der Waals surface area contributed by atoms with Crippen LogP contribution in [0.4, 0.5) is 0 Å². The van der Waals surface area contributed by atoms with Gasteiger partial charge in [0.25, 0.3) is 0 Å². The number of rotatable bonds is 4. The maximum Gasteiger partial charge on any atom is 0.231 e. The maximum absolute atomic E-state index is 12.9. The van der Waals surface area contributed by atoms with Crippen LogP contribution < -0.4 is 15.2 Å². The highest BCUT2D eigenvalue weighted by molar-refractivity contribution is 7.92. The lowest BCUT2D eigenvalue weighted by atomic mass is 10.1. The molecule has 0 radical (unpaired) electrons. The quantitative estimate of drug-likeness (QED) is 0.900. The predicted molar refractivity (Wildman–Crippen MR) is 90.3 cm³/mol. The van der Waals surface area contributed by atoms with E-state index in [1.807, 2.05) is 18.2 Å². The third-order valence-corrected chi connectivity index (χ3v) is 7.19. The maximum atomic E-state index is 12.9. The van der Waals surface area contributed by atoms with Gasteiger partial charge in [0, 0.05) is 10.9 Å². The van der Waals surface area contributed by atoms with E-state index in [-0.39, 0.29) is 23.5 Å². The Kier molecular flexibility index (Phi) is 3.71. The fourth-order valence-corrected chi connectivity index (χ4v) is 5.74. The first kappa shape index (κ1) is 15.7. The summed E-state index contributed by atoms with van der Waals surface area (Å²) in [6.07, 6.45) is 0. The molecule has 0 amide bonds. The minimum Gasteiger partial charge on any atom is -0.454 e. The highest BCUT2D eigenvalue weighted by atomic mass is 35.5. The summed E-state index contributed by atoms with van der Waals surface area (Å²) in [4.78, 5) is 0.276. The van der Waals surface area contributed by atoms with E-state index in [9.17, 15) is 8.42 Å². The molecule has 1 heterocycles. The molecule has 0 spiro atoms. The van der Waals surface area contributed by atoms with Gasteiger partial charge in [0.2, 0.25) is 6.79 Å². The number of hydrogen-bond acceptors (Lipinski definition) is 5. The van der Waals surface area contributed by atoms with Crippen LogP contribution in [-0.4, -0.2) is 27.0 Å². The van der Waals surface area contributed by atoms with Crippen molar-refractivity contribution in [2.45, 2.75) is 16.1 Å². The summed E-state index contributed by atoms with van der Waals surface area (Å²) < 4.78 is 36.6. The molecule has 4 rings (SSSR count). The van der Waals surface area contributed by atoms with Gasteiger partial charge in [0.15, 0.2) is 21.3 Å². The molecule has 0 bridgehead atoms. The minimum absolute atomic E-state index is 0.106. The van der Waals surface area contributed by atoms with Gasteiger partial charge < -0.3 is 15.2 Å². The molecule has 5 nitrogen and oxygen atoms in total. The fourth-order valence-electron chi connectivity index (χ4n) is 3.38. The SMILES string of the molecule is NC[C@@H]1[C@H](c2ccc3c(c2)OCO3)[C@H]1S(=O)(=O)c1ccc(Cl)cc1. The summed E-state index contributed by atoms with van der Waals surface area (Å²) >= 11 is 5.85. The lowest BCUT2D eigenvalue weighted by molar-refractivity contribution is 0.174. The lowest BCUT2D eigenvalue weighted by Gasteiger charge is -2.05. The van der Waals surface area contributed by atoms with E-state index >= 15 is 0 Å². The van der Waals surface area contributed by atoms with Crippen molar-refractivity contribution in [3.05, 3.63) is 53.1 Å². The number of benzene rings is 2. The highest BCUT2D eigenvalue weighted by Gasteiger charge is 2.58. The summed E-state index contributed by atoms with van der Waals surface area (Å²) in [5.74, 6) is 1.09. The van der Waals surface area contributed by atoms with Gasteiger partial charge in [0.1, 0.15) is 0 Å². The molecule has 0 aromatic heterocycles. The Morgan fingerprint density at radius 3 is 2.50 bits per heavy atom. The van der Waals surface area contributed by atoms with Crippen LogP contribution in [0.15, 0.2) is 47.4 Å². The molecule has 3 atom stereocenters. The van der Waals surface area contributed by atoms with Crippen LogP contribution in [0.3, 0.4) is 0 Å². The molecular weight excluding hydrogens is 350 g/mol. The van der Waals surface area contributed by atoms with E-state index in [4.69, 9.17) is 26.8 Å². The third kappa shape index (κ3) is 2.46. The molecule has 1 aliphatic heterocycles. The summed E-state index contributed by atoms with van der Waals surface area (Å²) in [6.45, 7) is 0.507. The van der Waals surface area contributed by atoms with E-state index in [2.05, 4.69) is 0 Å². The molecule has 2 aromatic carbocycles. The molecule has 2 aliphatic rings. The van der Waals surface area contributed by atoms with Gasteiger partial charge in [-0.05, 0) is 54.4 Å². The monoisotopic (exact) mass is 365 g/mol. The second-order valence-electron chi connectivity index (χ2n) is 6.00. The van der Waals surface area contributed by atoms with Gasteiger partial charge in [-0.2, -0.15) is 0 Å². The Morgan fingerprint density at radius 2 is 1.79 bits per heavy atom. The highest BCUT2D eigenvalue weighted by Crippen LogP contribution is 2.54. The van der Waals surface area contributed by atoms with Crippen molar-refractivity contribution in [1.82, 2.24) is 0 Å². The molecule has 0 unspecified atom stereocenters. The number of sulfone groups is 1. The van der Waals surface area contributed by atoms with E-state index in [1.54, 1.807) is 24.3 Å². The van der Waals surface area contributed by atoms with E-state index in [1.165, 1.54) is 0 Å². The molecule has 1 aliphatic carbocycles. The van der Waals surface area contributed by atoms with Gasteiger partial charge in [0.05, 0.1) is 10.1 Å². The summed E-state index contributed by atoms with van der Waals surface area (Å²) in [5, 5.41) is -0.0171. The van der Waals surface area contributed by atoms with Gasteiger partial charge in [-0.3, -0.25) is 0 Å². The van der Waals surface area contributed by atoms with Gasteiger partial charge in [-0.1, -0.05) is 17.7 Å². The molecule has 7 heteroatoms. The van der Waals surface area contributed by atoms with Crippen molar-refractivity contribution in [3.63, 3.8) is 0 Å². The van der Waals surface area contributed by atoms with Gasteiger partial charge >= 0.3 is 0 Å². The predicted octanol–water partition coefficient (Wildman–Crippen LogP) is 2.58. The number of hydrogen-bond donors (Lipinski definition) is 1. The van der Waals surface area contributed by atoms with Crippen molar-refractivity contribution < 1.29 is 17.9 Å². The topological polar surface area (TPSA) is 78.6 Å². The van der Waals surface area contributed by atoms with Crippen LogP contribution in [-0.2, 0) is 9.84 Å². The minimum atomic E-state index is -3.47. The summed E-state index contributed by atoms with van der Waals surface area (Å²) in [7, 11) is -3.47. The molecule has 1 fully saturated rings. The number of halogens is 1. The molecular formula is C17H16ClNO4S. The average Bonchev–Trinajstić information content (AvgIpc) is 3.15. The van der Waals surface area contributed by atoms with Crippen molar-refractivity contribution in [2.24, 2.45) is 11.7 Å². The molecule has 1 saturated carbocycles. The lowest BCUT2D eigenvalue weighted by Crippen LogP contribution is -2.13. The summed E-state index contributed by atoms with van der Waals surface area (Å²) in [5.41, 5.74) is 6.74. The second kappa shape index (κ2) is 5.65. The van der Waals surface area contributed by atoms with Crippen LogP contribution in [0.2, 0.25) is 5.02 Å². The van der Waals surface area contributed by atoms with Crippen molar-refractivity contribution >= 4 is 21.4 Å². The average molecular weight is 366 g/mol. The van der Waals surface area contributed by atoms with Crippen molar-refractivity contribution in [2.75, 3.05) is 13.3 Å². The fraction of sp³-hybridized carbons (Fsp3) is 0.294. The van der Waals surface area contributed by atoms with E-state index in [0.29, 0.717) is 23.1 Å². The Morgan fingerprint density at radius 1 is 1.08 bits per heavy atom. The number of fused-ring (bicyclic) bond motifs is 1. The third-order valence-electron chi connectivity index (χ3n) is 4.65. The van der Waals surface area contributed by atoms with E-state index < -0.39 is 15.1 Å². The zero-order valence-electron chi connectivity index (χ0n) is 12.7. The van der Waals surface area contributed by atoms with Gasteiger partial charge in [-0.15, -0.1) is 0 Å². The Balaban J connectivity index is 1.67.